The van der Waals surface area contributed by atoms with Crippen molar-refractivity contribution in [3.8, 4) is 0 Å². The number of benzene rings is 2. The van der Waals surface area contributed by atoms with Crippen LogP contribution in [0, 0.1) is 12.1 Å². The fraction of sp³-hybridized carbons (Fsp3) is 0. The molecule has 0 heterocycles. The summed E-state index contributed by atoms with van der Waals surface area (Å²) in [4.78, 5) is 0. The van der Waals surface area contributed by atoms with Crippen molar-refractivity contribution in [3.63, 3.8) is 0 Å². The third-order valence-corrected chi connectivity index (χ3v) is 1.21. The largest absolute Gasteiger partial charge is 0.184 e. The molecular formula is C12H10ClRu. The SMILES string of the molecule is [Cl][Ru+2].[c-]1ccccc1.[c-]1ccccc1. The number of halogens is 1. The fourth-order valence-corrected chi connectivity index (χ4v) is 0.684. The Bertz CT molecular complexity index is 186. The predicted molar refractivity (Wildman–Crippen MR) is 56.4 cm³/mol. The van der Waals surface area contributed by atoms with E-state index in [1.165, 1.54) is 0 Å². The topological polar surface area (TPSA) is 0 Å². The van der Waals surface area contributed by atoms with Gasteiger partial charge in [0.25, 0.3) is 0 Å². The normalized spacial score (nSPS) is 7.21. The standard InChI is InChI=1S/2C6H5.ClH.Ru/c2*1-2-4-6-5-3-1;;/h2*1-5H;1H;/q2*-1;;+3/p-1. The van der Waals surface area contributed by atoms with Crippen LogP contribution in [0.25, 0.3) is 0 Å². The van der Waals surface area contributed by atoms with Crippen LogP contribution in [0.3, 0.4) is 0 Å². The zero-order chi connectivity index (χ0) is 10.5. The third-order valence-electron chi connectivity index (χ3n) is 1.21. The summed E-state index contributed by atoms with van der Waals surface area (Å²) in [6.07, 6.45) is 0. The first-order valence-electron chi connectivity index (χ1n) is 3.95. The zero-order valence-electron chi connectivity index (χ0n) is 7.51. The first kappa shape index (κ1) is 13.4. The molecule has 0 nitrogen and oxygen atoms in total. The van der Waals surface area contributed by atoms with Crippen molar-refractivity contribution in [1.82, 2.24) is 0 Å². The molecule has 2 heteroatoms. The molecule has 73 valence electrons. The van der Waals surface area contributed by atoms with Gasteiger partial charge in [0.05, 0.1) is 0 Å². The van der Waals surface area contributed by atoms with Gasteiger partial charge in [-0.3, -0.25) is 0 Å². The first-order valence-corrected chi connectivity index (χ1v) is 6.19. The van der Waals surface area contributed by atoms with Crippen molar-refractivity contribution in [2.75, 3.05) is 0 Å². The summed E-state index contributed by atoms with van der Waals surface area (Å²) in [5, 5.41) is 0. The fourth-order valence-electron chi connectivity index (χ4n) is 0.684. The Labute approximate surface area is 99.6 Å². The van der Waals surface area contributed by atoms with Crippen LogP contribution in [-0.4, -0.2) is 0 Å². The van der Waals surface area contributed by atoms with Gasteiger partial charge in [-0.2, -0.15) is 72.8 Å². The van der Waals surface area contributed by atoms with E-state index in [9.17, 15) is 0 Å². The van der Waals surface area contributed by atoms with E-state index in [2.05, 4.69) is 21.8 Å². The molecule has 0 unspecified atom stereocenters. The van der Waals surface area contributed by atoms with Gasteiger partial charge >= 0.3 is 27.0 Å². The molecule has 0 saturated carbocycles. The maximum atomic E-state index is 4.57. The minimum atomic E-state index is 1.82. The van der Waals surface area contributed by atoms with Crippen molar-refractivity contribution in [2.24, 2.45) is 0 Å². The molecule has 0 bridgehead atoms. The summed E-state index contributed by atoms with van der Waals surface area (Å²) in [5.41, 5.74) is 0. The second-order valence-electron chi connectivity index (χ2n) is 2.15. The van der Waals surface area contributed by atoms with Crippen LogP contribution in [0.5, 0.6) is 0 Å². The van der Waals surface area contributed by atoms with Crippen molar-refractivity contribution >= 4 is 9.69 Å². The maximum Gasteiger partial charge on any atom is -0.171 e. The van der Waals surface area contributed by atoms with Crippen molar-refractivity contribution in [1.29, 1.82) is 0 Å². The second kappa shape index (κ2) is 12.4. The van der Waals surface area contributed by atoms with E-state index in [4.69, 9.17) is 0 Å². The molecule has 0 radical (unpaired) electrons. The monoisotopic (exact) mass is 291 g/mol. The molecule has 2 aromatic carbocycles. The van der Waals surface area contributed by atoms with Crippen molar-refractivity contribution in [3.05, 3.63) is 72.8 Å². The summed E-state index contributed by atoms with van der Waals surface area (Å²) in [6.45, 7) is 0. The van der Waals surface area contributed by atoms with Gasteiger partial charge in [-0.1, -0.05) is 0 Å². The summed E-state index contributed by atoms with van der Waals surface area (Å²) in [5.74, 6) is 0. The Morgan fingerprint density at radius 2 is 0.857 bits per heavy atom. The number of hydrogen-bond donors (Lipinski definition) is 0. The molecule has 0 atom stereocenters. The van der Waals surface area contributed by atoms with Gasteiger partial charge in [0.1, 0.15) is 0 Å². The maximum absolute atomic E-state index is 4.57. The Kier molecular flexibility index (Phi) is 11.8. The summed E-state index contributed by atoms with van der Waals surface area (Å²) >= 11 is 1.82. The number of rotatable bonds is 0. The summed E-state index contributed by atoms with van der Waals surface area (Å²) in [7, 11) is 4.57. The average Bonchev–Trinajstić information content (AvgIpc) is 2.37. The molecule has 0 spiro atoms. The van der Waals surface area contributed by atoms with Gasteiger partial charge in [-0.15, -0.1) is 0 Å². The second-order valence-corrected chi connectivity index (χ2v) is 2.15. The molecule has 0 N–H and O–H groups in total. The Morgan fingerprint density at radius 3 is 0.929 bits per heavy atom. The molecule has 0 amide bonds. The van der Waals surface area contributed by atoms with Crippen LogP contribution in [0.1, 0.15) is 0 Å². The quantitative estimate of drug-likeness (QED) is 0.513. The van der Waals surface area contributed by atoms with Gasteiger partial charge in [0.15, 0.2) is 0 Å². The molecule has 0 aliphatic carbocycles. The van der Waals surface area contributed by atoms with Gasteiger partial charge < -0.3 is 0 Å². The van der Waals surface area contributed by atoms with Crippen LogP contribution in [-0.2, 0) is 17.3 Å². The van der Waals surface area contributed by atoms with Gasteiger partial charge in [-0.05, 0) is 0 Å². The van der Waals surface area contributed by atoms with E-state index in [1.54, 1.807) is 0 Å². The van der Waals surface area contributed by atoms with E-state index in [1.807, 2.05) is 78.0 Å². The van der Waals surface area contributed by atoms with Crippen LogP contribution >= 0.6 is 9.69 Å². The molecule has 0 aliphatic heterocycles. The Morgan fingerprint density at radius 1 is 0.571 bits per heavy atom. The molecule has 14 heavy (non-hydrogen) atoms. The average molecular weight is 291 g/mol. The Balaban J connectivity index is 0.000000206. The molecule has 0 fully saturated rings. The van der Waals surface area contributed by atoms with E-state index < -0.39 is 0 Å². The van der Waals surface area contributed by atoms with Crippen LogP contribution in [0.15, 0.2) is 60.7 Å². The molecule has 0 aliphatic rings. The van der Waals surface area contributed by atoms with E-state index in [0.29, 0.717) is 0 Å². The summed E-state index contributed by atoms with van der Waals surface area (Å²) < 4.78 is 0. The van der Waals surface area contributed by atoms with E-state index >= 15 is 0 Å². The minimum absolute atomic E-state index is 1.82. The smallest absolute Gasteiger partial charge is 0.171 e. The summed E-state index contributed by atoms with van der Waals surface area (Å²) in [6, 6.07) is 25.0. The predicted octanol–water partition coefficient (Wildman–Crippen LogP) is 3.66. The van der Waals surface area contributed by atoms with Gasteiger partial charge in [-0.25, -0.2) is 0 Å². The molecule has 0 saturated heterocycles. The minimum Gasteiger partial charge on any atom is -0.184 e. The molecule has 2 aromatic rings. The van der Waals surface area contributed by atoms with Crippen LogP contribution in [0.4, 0.5) is 0 Å². The van der Waals surface area contributed by atoms with Crippen LogP contribution in [0.2, 0.25) is 0 Å². The first-order chi connectivity index (χ1) is 7.00. The molecule has 0 aromatic heterocycles. The Hall–Kier alpha value is -0.647. The van der Waals surface area contributed by atoms with Gasteiger partial charge in [0, 0.05) is 0 Å². The third kappa shape index (κ3) is 9.44. The van der Waals surface area contributed by atoms with E-state index in [-0.39, 0.29) is 0 Å². The van der Waals surface area contributed by atoms with Gasteiger partial charge in [0.2, 0.25) is 0 Å². The van der Waals surface area contributed by atoms with Crippen LogP contribution < -0.4 is 0 Å². The van der Waals surface area contributed by atoms with Crippen molar-refractivity contribution in [2.45, 2.75) is 0 Å². The zero-order valence-corrected chi connectivity index (χ0v) is 10.00. The van der Waals surface area contributed by atoms with E-state index in [0.717, 1.165) is 0 Å². The van der Waals surface area contributed by atoms with Crippen molar-refractivity contribution < 1.29 is 17.3 Å². The molecular weight excluding hydrogens is 281 g/mol. The molecule has 2 rings (SSSR count). The number of hydrogen-bond acceptors (Lipinski definition) is 0.